The van der Waals surface area contributed by atoms with Crippen molar-refractivity contribution in [2.24, 2.45) is 16.6 Å². The highest BCUT2D eigenvalue weighted by atomic mass is 19.4. The Hall–Kier alpha value is -4.58. The number of carbonyl (C=O) groups is 3. The van der Waals surface area contributed by atoms with Crippen LogP contribution in [0.4, 0.5) is 37.2 Å². The zero-order valence-corrected chi connectivity index (χ0v) is 21.7. The minimum atomic E-state index is -5.08. The maximum atomic E-state index is 11.9. The van der Waals surface area contributed by atoms with Gasteiger partial charge < -0.3 is 31.4 Å². The molecule has 0 bridgehead atoms. The number of nitrogen functional groups attached to an aromatic ring is 1. The Morgan fingerprint density at radius 1 is 1.02 bits per heavy atom. The number of benzene rings is 1. The van der Waals surface area contributed by atoms with E-state index in [4.69, 9.17) is 35.7 Å². The maximum Gasteiger partial charge on any atom is 0.490 e. The van der Waals surface area contributed by atoms with E-state index in [1.807, 2.05) is 0 Å². The Kier molecular flexibility index (Phi) is 15.3. The minimum absolute atomic E-state index is 0.0444. The van der Waals surface area contributed by atoms with E-state index < -0.39 is 24.3 Å². The lowest BCUT2D eigenvalue weighted by molar-refractivity contribution is -0.193. The molecule has 0 aliphatic carbocycles. The van der Waals surface area contributed by atoms with Crippen LogP contribution in [0.3, 0.4) is 0 Å². The lowest BCUT2D eigenvalue weighted by Gasteiger charge is -2.13. The van der Waals surface area contributed by atoms with Gasteiger partial charge in [0, 0.05) is 19.5 Å². The molecule has 2 rings (SSSR count). The molecular weight excluding hydrogens is 572 g/mol. The van der Waals surface area contributed by atoms with Gasteiger partial charge in [-0.2, -0.15) is 26.3 Å². The molecule has 0 fully saturated rings. The highest BCUT2D eigenvalue weighted by Gasteiger charge is 2.38. The first-order valence-electron chi connectivity index (χ1n) is 11.4. The Labute approximate surface area is 229 Å². The molecule has 1 heterocycles. The lowest BCUT2D eigenvalue weighted by Crippen LogP contribution is -2.44. The summed E-state index contributed by atoms with van der Waals surface area (Å²) in [7, 11) is 0. The van der Waals surface area contributed by atoms with Crippen molar-refractivity contribution in [3.63, 3.8) is 0 Å². The lowest BCUT2D eigenvalue weighted by atomic mass is 10.0. The molecule has 1 atom stereocenters. The van der Waals surface area contributed by atoms with Crippen molar-refractivity contribution in [2.45, 2.75) is 45.5 Å². The number of guanidine groups is 1. The van der Waals surface area contributed by atoms with Crippen molar-refractivity contribution in [3.05, 3.63) is 41.3 Å². The number of hydrogen-bond donors (Lipinski definition) is 6. The normalized spacial score (nSPS) is 12.1. The van der Waals surface area contributed by atoms with Crippen molar-refractivity contribution in [1.29, 1.82) is 0 Å². The number of rotatable bonds is 8. The smallest absolute Gasteiger partial charge is 0.475 e. The highest BCUT2D eigenvalue weighted by molar-refractivity contribution is 5.95. The predicted octanol–water partition coefficient (Wildman–Crippen LogP) is 2.65. The second-order valence-electron chi connectivity index (χ2n) is 8.14. The summed E-state index contributed by atoms with van der Waals surface area (Å²) in [6.45, 7) is 5.12. The number of aryl methyl sites for hydroxylation is 2. The fourth-order valence-corrected chi connectivity index (χ4v) is 2.46. The number of carboxylic acid groups (broad SMARTS) is 2. The summed E-state index contributed by atoms with van der Waals surface area (Å²) < 4.78 is 68.5. The molecule has 2 amide bonds. The van der Waals surface area contributed by atoms with Gasteiger partial charge in [-0.3, -0.25) is 10.3 Å². The van der Waals surface area contributed by atoms with Crippen LogP contribution in [0.5, 0.6) is 0 Å². The van der Waals surface area contributed by atoms with Crippen molar-refractivity contribution >= 4 is 29.9 Å². The number of aromatic nitrogens is 2. The third kappa shape index (κ3) is 18.4. The number of aliphatic imine (C=N–C) groups is 1. The maximum absolute atomic E-state index is 11.9. The number of alkyl halides is 6. The topological polar surface area (TPSA) is 219 Å². The summed E-state index contributed by atoms with van der Waals surface area (Å²) in [5.41, 5.74) is 13.5. The van der Waals surface area contributed by atoms with Gasteiger partial charge in [-0.05, 0) is 31.2 Å². The minimum Gasteiger partial charge on any atom is -0.475 e. The second kappa shape index (κ2) is 17.2. The molecule has 8 N–H and O–H groups in total. The standard InChI is InChI=1S/C18H27N7O2.2C2HF3O2/c1-12-5-7-14(8-6-12)10-13(2)11-22-18(26)23-16(19)21-9-3-4-15-24-25-17(20)27-15;2*3-2(4,5)1(6)7/h5-8,13H,3-4,9-11H2,1-2H3,(H2,20,25)(H4,19,21,22,23,26);2*(H,6,7). The summed E-state index contributed by atoms with van der Waals surface area (Å²) in [6.07, 6.45) is -8.08. The van der Waals surface area contributed by atoms with E-state index in [9.17, 15) is 31.1 Å². The van der Waals surface area contributed by atoms with E-state index in [1.165, 1.54) is 11.1 Å². The van der Waals surface area contributed by atoms with Crippen LogP contribution in [0.15, 0.2) is 33.7 Å². The number of nitrogens with two attached hydrogens (primary N) is 2. The van der Waals surface area contributed by atoms with Crippen molar-refractivity contribution in [2.75, 3.05) is 18.8 Å². The van der Waals surface area contributed by atoms with Gasteiger partial charge in [0.05, 0.1) is 0 Å². The summed E-state index contributed by atoms with van der Waals surface area (Å²) in [6, 6.07) is 8.08. The van der Waals surface area contributed by atoms with Gasteiger partial charge in [0.25, 0.3) is 0 Å². The molecule has 230 valence electrons. The molecule has 2 aromatic rings. The van der Waals surface area contributed by atoms with Gasteiger partial charge >= 0.3 is 36.3 Å². The van der Waals surface area contributed by atoms with E-state index in [0.717, 1.165) is 6.42 Å². The molecule has 0 aliphatic rings. The van der Waals surface area contributed by atoms with E-state index in [2.05, 4.69) is 63.9 Å². The first-order valence-corrected chi connectivity index (χ1v) is 11.4. The molecule has 19 heteroatoms. The SMILES string of the molecule is Cc1ccc(CC(C)CNC(=O)NC(N)=NCCCc2nnc(N)o2)cc1.O=C(O)C(F)(F)F.O=C(O)C(F)(F)F. The molecule has 0 spiro atoms. The van der Waals surface area contributed by atoms with Crippen LogP contribution in [0.25, 0.3) is 0 Å². The zero-order chi connectivity index (χ0) is 31.8. The summed E-state index contributed by atoms with van der Waals surface area (Å²) in [5, 5.41) is 26.9. The average molecular weight is 602 g/mol. The number of amides is 2. The molecule has 13 nitrogen and oxygen atoms in total. The van der Waals surface area contributed by atoms with Crippen LogP contribution < -0.4 is 22.1 Å². The van der Waals surface area contributed by atoms with Crippen LogP contribution in [-0.4, -0.2) is 69.8 Å². The van der Waals surface area contributed by atoms with Crippen LogP contribution in [0, 0.1) is 12.8 Å². The number of carboxylic acids is 2. The summed E-state index contributed by atoms with van der Waals surface area (Å²) in [5.74, 6) is -4.68. The van der Waals surface area contributed by atoms with Gasteiger partial charge in [0.1, 0.15) is 0 Å². The Morgan fingerprint density at radius 2 is 1.54 bits per heavy atom. The average Bonchev–Trinajstić information content (AvgIpc) is 3.26. The molecule has 1 unspecified atom stereocenters. The number of nitrogens with one attached hydrogen (secondary N) is 2. The number of carbonyl (C=O) groups excluding carboxylic acids is 1. The van der Waals surface area contributed by atoms with E-state index in [-0.39, 0.29) is 18.0 Å². The number of anilines is 1. The molecule has 41 heavy (non-hydrogen) atoms. The number of nitrogens with zero attached hydrogens (tertiary/aromatic N) is 3. The van der Waals surface area contributed by atoms with Crippen LogP contribution in [0.2, 0.25) is 0 Å². The van der Waals surface area contributed by atoms with Gasteiger partial charge in [-0.25, -0.2) is 14.4 Å². The van der Waals surface area contributed by atoms with Gasteiger partial charge in [0.15, 0.2) is 5.96 Å². The molecule has 0 saturated carbocycles. The molecule has 1 aromatic heterocycles. The Morgan fingerprint density at radius 3 is 1.98 bits per heavy atom. The van der Waals surface area contributed by atoms with Crippen molar-refractivity contribution in [1.82, 2.24) is 20.8 Å². The fraction of sp³-hybridized carbons (Fsp3) is 0.455. The number of halogens is 6. The van der Waals surface area contributed by atoms with Crippen LogP contribution >= 0.6 is 0 Å². The predicted molar refractivity (Wildman–Crippen MR) is 131 cm³/mol. The second-order valence-corrected chi connectivity index (χ2v) is 8.14. The Bertz CT molecular complexity index is 1110. The number of urea groups is 1. The van der Waals surface area contributed by atoms with E-state index in [1.54, 1.807) is 0 Å². The van der Waals surface area contributed by atoms with Gasteiger partial charge in [0.2, 0.25) is 5.89 Å². The highest BCUT2D eigenvalue weighted by Crippen LogP contribution is 2.14. The first kappa shape index (κ1) is 36.4. The number of hydrogen-bond acceptors (Lipinski definition) is 8. The van der Waals surface area contributed by atoms with Crippen LogP contribution in [-0.2, 0) is 22.4 Å². The van der Waals surface area contributed by atoms with Crippen LogP contribution in [0.1, 0.15) is 30.4 Å². The zero-order valence-electron chi connectivity index (χ0n) is 21.7. The van der Waals surface area contributed by atoms with Gasteiger partial charge in [-0.1, -0.05) is 41.9 Å². The van der Waals surface area contributed by atoms with E-state index in [0.29, 0.717) is 37.7 Å². The molecule has 0 radical (unpaired) electrons. The third-order valence-electron chi connectivity index (χ3n) is 4.36. The third-order valence-corrected chi connectivity index (χ3v) is 4.36. The fourth-order valence-electron chi connectivity index (χ4n) is 2.46. The summed E-state index contributed by atoms with van der Waals surface area (Å²) >= 11 is 0. The summed E-state index contributed by atoms with van der Waals surface area (Å²) in [4.78, 5) is 33.8. The number of aliphatic carboxylic acids is 2. The molecule has 0 aliphatic heterocycles. The van der Waals surface area contributed by atoms with E-state index >= 15 is 0 Å². The quantitative estimate of drug-likeness (QED) is 0.112. The monoisotopic (exact) mass is 601 g/mol. The van der Waals surface area contributed by atoms with Crippen molar-refractivity contribution < 1.29 is 55.4 Å². The van der Waals surface area contributed by atoms with Crippen molar-refractivity contribution in [3.8, 4) is 0 Å². The molecule has 0 saturated heterocycles. The van der Waals surface area contributed by atoms with Gasteiger partial charge in [-0.15, -0.1) is 5.10 Å². The molecule has 1 aromatic carbocycles. The first-order chi connectivity index (χ1) is 18.8. The Balaban J connectivity index is 0.000000941. The largest absolute Gasteiger partial charge is 0.490 e. The molecular formula is C22H29F6N7O6.